The quantitative estimate of drug-likeness (QED) is 0.933. The van der Waals surface area contributed by atoms with Crippen molar-refractivity contribution in [1.82, 2.24) is 10.3 Å². The molecule has 2 heterocycles. The van der Waals surface area contributed by atoms with Crippen LogP contribution in [0.1, 0.15) is 22.7 Å². The number of nitrogens with one attached hydrogen (secondary N) is 1. The van der Waals surface area contributed by atoms with E-state index in [4.69, 9.17) is 27.9 Å². The lowest BCUT2D eigenvalue weighted by atomic mass is 10.0. The van der Waals surface area contributed by atoms with Crippen LogP contribution in [0.25, 0.3) is 0 Å². The highest BCUT2D eigenvalue weighted by atomic mass is 35.5. The maximum absolute atomic E-state index is 12.3. The van der Waals surface area contributed by atoms with Gasteiger partial charge in [0.25, 0.3) is 0 Å². The van der Waals surface area contributed by atoms with Gasteiger partial charge in [0.15, 0.2) is 0 Å². The number of rotatable bonds is 3. The third-order valence-electron chi connectivity index (χ3n) is 3.65. The summed E-state index contributed by atoms with van der Waals surface area (Å²) in [6.45, 7) is 2.31. The standard InChI is InChI=1S/C16H14Cl2N2O2/c1-9-4-10(17)5-13(18)12(9)6-16(21)20-14-8-22-15-7-19-3-2-11(14)15/h2-5,7,14H,6,8H2,1H3,(H,20,21)/t14-/m0/s1. The molecular weight excluding hydrogens is 323 g/mol. The molecule has 0 spiro atoms. The fraction of sp³-hybridized carbons (Fsp3) is 0.250. The normalized spacial score (nSPS) is 16.0. The fourth-order valence-corrected chi connectivity index (χ4v) is 3.21. The molecule has 1 N–H and O–H groups in total. The molecule has 114 valence electrons. The molecule has 1 aromatic heterocycles. The molecule has 2 aromatic rings. The first-order valence-electron chi connectivity index (χ1n) is 6.85. The van der Waals surface area contributed by atoms with Gasteiger partial charge in [0.1, 0.15) is 12.4 Å². The number of carbonyl (C=O) groups is 1. The molecular formula is C16H14Cl2N2O2. The molecule has 0 radical (unpaired) electrons. The Morgan fingerprint density at radius 2 is 2.27 bits per heavy atom. The Morgan fingerprint density at radius 3 is 3.05 bits per heavy atom. The number of hydrogen-bond acceptors (Lipinski definition) is 3. The Balaban J connectivity index is 1.72. The van der Waals surface area contributed by atoms with E-state index >= 15 is 0 Å². The van der Waals surface area contributed by atoms with E-state index in [-0.39, 0.29) is 18.4 Å². The maximum atomic E-state index is 12.3. The minimum atomic E-state index is -0.156. The maximum Gasteiger partial charge on any atom is 0.225 e. The van der Waals surface area contributed by atoms with Crippen molar-refractivity contribution in [2.75, 3.05) is 6.61 Å². The van der Waals surface area contributed by atoms with Crippen LogP contribution in [0.15, 0.2) is 30.6 Å². The van der Waals surface area contributed by atoms with E-state index in [1.165, 1.54) is 0 Å². The number of halogens is 2. The minimum absolute atomic E-state index is 0.106. The van der Waals surface area contributed by atoms with Crippen LogP contribution >= 0.6 is 23.2 Å². The number of amides is 1. The summed E-state index contributed by atoms with van der Waals surface area (Å²) in [5, 5.41) is 4.04. The first kappa shape index (κ1) is 15.1. The van der Waals surface area contributed by atoms with Crippen molar-refractivity contribution in [2.45, 2.75) is 19.4 Å². The molecule has 3 rings (SSSR count). The topological polar surface area (TPSA) is 51.2 Å². The van der Waals surface area contributed by atoms with Gasteiger partial charge in [-0.05, 0) is 36.2 Å². The van der Waals surface area contributed by atoms with E-state index in [0.29, 0.717) is 22.4 Å². The van der Waals surface area contributed by atoms with Crippen molar-refractivity contribution < 1.29 is 9.53 Å². The molecule has 6 heteroatoms. The lowest BCUT2D eigenvalue weighted by Crippen LogP contribution is -2.30. The lowest BCUT2D eigenvalue weighted by molar-refractivity contribution is -0.121. The minimum Gasteiger partial charge on any atom is -0.489 e. The summed E-state index contributed by atoms with van der Waals surface area (Å²) < 4.78 is 5.50. The second-order valence-corrected chi connectivity index (χ2v) is 6.05. The summed E-state index contributed by atoms with van der Waals surface area (Å²) in [6, 6.07) is 5.15. The van der Waals surface area contributed by atoms with Crippen LogP contribution in [0.2, 0.25) is 10.0 Å². The van der Waals surface area contributed by atoms with Crippen LogP contribution in [0.4, 0.5) is 0 Å². The Bertz CT molecular complexity index is 711. The van der Waals surface area contributed by atoms with Crippen molar-refractivity contribution in [3.63, 3.8) is 0 Å². The Labute approximate surface area is 138 Å². The third-order valence-corrected chi connectivity index (χ3v) is 4.21. The molecule has 0 bridgehead atoms. The zero-order valence-corrected chi connectivity index (χ0v) is 13.4. The summed E-state index contributed by atoms with van der Waals surface area (Å²) in [5.74, 6) is 0.610. The Hall–Kier alpha value is -1.78. The summed E-state index contributed by atoms with van der Waals surface area (Å²) in [7, 11) is 0. The first-order valence-corrected chi connectivity index (χ1v) is 7.61. The number of pyridine rings is 1. The van der Waals surface area contributed by atoms with Gasteiger partial charge in [0.2, 0.25) is 5.91 Å². The van der Waals surface area contributed by atoms with Gasteiger partial charge >= 0.3 is 0 Å². The van der Waals surface area contributed by atoms with Gasteiger partial charge in [0.05, 0.1) is 18.7 Å². The van der Waals surface area contributed by atoms with Gasteiger partial charge in [-0.1, -0.05) is 23.2 Å². The van der Waals surface area contributed by atoms with E-state index in [2.05, 4.69) is 10.3 Å². The molecule has 0 fully saturated rings. The van der Waals surface area contributed by atoms with E-state index in [1.807, 2.05) is 13.0 Å². The van der Waals surface area contributed by atoms with Crippen molar-refractivity contribution in [3.05, 3.63) is 57.3 Å². The molecule has 0 unspecified atom stereocenters. The summed E-state index contributed by atoms with van der Waals surface area (Å²) in [5.41, 5.74) is 2.64. The molecule has 0 saturated carbocycles. The molecule has 1 aliphatic rings. The second kappa shape index (κ2) is 6.15. The average molecular weight is 337 g/mol. The van der Waals surface area contributed by atoms with Gasteiger partial charge in [-0.25, -0.2) is 0 Å². The zero-order chi connectivity index (χ0) is 15.7. The largest absolute Gasteiger partial charge is 0.489 e. The van der Waals surface area contributed by atoms with Crippen LogP contribution in [-0.4, -0.2) is 17.5 Å². The monoisotopic (exact) mass is 336 g/mol. The summed E-state index contributed by atoms with van der Waals surface area (Å²) >= 11 is 12.1. The van der Waals surface area contributed by atoms with Crippen molar-refractivity contribution in [2.24, 2.45) is 0 Å². The number of carbonyl (C=O) groups excluding carboxylic acids is 1. The summed E-state index contributed by atoms with van der Waals surface area (Å²) in [6.07, 6.45) is 3.55. The first-order chi connectivity index (χ1) is 10.5. The molecule has 1 aliphatic heterocycles. The average Bonchev–Trinajstić information content (AvgIpc) is 2.86. The van der Waals surface area contributed by atoms with E-state index < -0.39 is 0 Å². The third kappa shape index (κ3) is 3.03. The number of aromatic nitrogens is 1. The highest BCUT2D eigenvalue weighted by molar-refractivity contribution is 6.35. The predicted octanol–water partition coefficient (Wildman–Crippen LogP) is 3.49. The van der Waals surface area contributed by atoms with Crippen LogP contribution in [-0.2, 0) is 11.2 Å². The number of ether oxygens (including phenoxy) is 1. The number of aryl methyl sites for hydroxylation is 1. The van der Waals surface area contributed by atoms with E-state index in [9.17, 15) is 4.79 Å². The summed E-state index contributed by atoms with van der Waals surface area (Å²) in [4.78, 5) is 16.3. The van der Waals surface area contributed by atoms with E-state index in [0.717, 1.165) is 16.7 Å². The smallest absolute Gasteiger partial charge is 0.225 e. The molecule has 22 heavy (non-hydrogen) atoms. The number of benzene rings is 1. The van der Waals surface area contributed by atoms with Gasteiger partial charge in [-0.2, -0.15) is 0 Å². The Morgan fingerprint density at radius 1 is 1.45 bits per heavy atom. The predicted molar refractivity (Wildman–Crippen MR) is 85.5 cm³/mol. The lowest BCUT2D eigenvalue weighted by Gasteiger charge is -2.13. The molecule has 1 atom stereocenters. The zero-order valence-electron chi connectivity index (χ0n) is 11.9. The van der Waals surface area contributed by atoms with Gasteiger partial charge in [0, 0.05) is 21.8 Å². The molecule has 4 nitrogen and oxygen atoms in total. The molecule has 0 saturated heterocycles. The van der Waals surface area contributed by atoms with Gasteiger partial charge in [-0.3, -0.25) is 9.78 Å². The van der Waals surface area contributed by atoms with E-state index in [1.54, 1.807) is 24.5 Å². The molecule has 0 aliphatic carbocycles. The van der Waals surface area contributed by atoms with Crippen LogP contribution in [0.5, 0.6) is 5.75 Å². The SMILES string of the molecule is Cc1cc(Cl)cc(Cl)c1CC(=O)N[C@H]1COc2cnccc21. The highest BCUT2D eigenvalue weighted by Crippen LogP contribution is 2.31. The molecule has 1 aromatic carbocycles. The van der Waals surface area contributed by atoms with Gasteiger partial charge < -0.3 is 10.1 Å². The fourth-order valence-electron chi connectivity index (χ4n) is 2.54. The number of fused-ring (bicyclic) bond motifs is 1. The number of hydrogen-bond donors (Lipinski definition) is 1. The van der Waals surface area contributed by atoms with Crippen LogP contribution in [0, 0.1) is 6.92 Å². The van der Waals surface area contributed by atoms with Crippen molar-refractivity contribution in [1.29, 1.82) is 0 Å². The highest BCUT2D eigenvalue weighted by Gasteiger charge is 2.25. The van der Waals surface area contributed by atoms with Gasteiger partial charge in [-0.15, -0.1) is 0 Å². The van der Waals surface area contributed by atoms with Crippen molar-refractivity contribution >= 4 is 29.1 Å². The van der Waals surface area contributed by atoms with Crippen molar-refractivity contribution in [3.8, 4) is 5.75 Å². The Kier molecular flexibility index (Phi) is 4.23. The van der Waals surface area contributed by atoms with Crippen LogP contribution < -0.4 is 10.1 Å². The van der Waals surface area contributed by atoms with Crippen LogP contribution in [0.3, 0.4) is 0 Å². The second-order valence-electron chi connectivity index (χ2n) is 5.20. The molecule has 1 amide bonds. The number of nitrogens with zero attached hydrogens (tertiary/aromatic N) is 1.